The first-order valence-corrected chi connectivity index (χ1v) is 11.8. The van der Waals surface area contributed by atoms with Crippen molar-refractivity contribution in [2.75, 3.05) is 6.61 Å². The van der Waals surface area contributed by atoms with Crippen LogP contribution in [0.4, 0.5) is 5.69 Å². The standard InChI is InChI=1S/C26H21N3O7S/c1-4-13-35-25(32)22-15(2)27-26-28(23(22)18-7-11-20(12-8-18)36-16(3)30)24(31)21(37-26)14-17-5-9-19(10-6-17)29(33)34/h4-12,14,23H,1,13H2,2-3H3. The van der Waals surface area contributed by atoms with Crippen molar-refractivity contribution in [3.8, 4) is 5.75 Å². The van der Waals surface area contributed by atoms with Gasteiger partial charge in [0.1, 0.15) is 12.4 Å². The van der Waals surface area contributed by atoms with Gasteiger partial charge in [0.25, 0.3) is 11.2 Å². The number of thiazole rings is 1. The molecule has 0 saturated heterocycles. The number of esters is 2. The van der Waals surface area contributed by atoms with Crippen LogP contribution < -0.4 is 19.6 Å². The largest absolute Gasteiger partial charge is 0.458 e. The van der Waals surface area contributed by atoms with Gasteiger partial charge < -0.3 is 9.47 Å². The second kappa shape index (κ2) is 10.5. The van der Waals surface area contributed by atoms with Crippen LogP contribution in [0.5, 0.6) is 5.75 Å². The highest BCUT2D eigenvalue weighted by Crippen LogP contribution is 2.31. The molecule has 1 aliphatic heterocycles. The van der Waals surface area contributed by atoms with E-state index in [1.54, 1.807) is 49.4 Å². The first kappa shape index (κ1) is 25.5. The molecule has 0 N–H and O–H groups in total. The van der Waals surface area contributed by atoms with E-state index in [1.807, 2.05) is 0 Å². The average molecular weight is 520 g/mol. The first-order chi connectivity index (χ1) is 17.7. The highest BCUT2D eigenvalue weighted by molar-refractivity contribution is 7.07. The number of aromatic nitrogens is 1. The molecule has 0 aliphatic carbocycles. The van der Waals surface area contributed by atoms with Crippen molar-refractivity contribution in [1.29, 1.82) is 0 Å². The number of rotatable bonds is 7. The predicted octanol–water partition coefficient (Wildman–Crippen LogP) is 2.80. The number of non-ortho nitro benzene ring substituents is 1. The fourth-order valence-corrected chi connectivity index (χ4v) is 4.88. The summed E-state index contributed by atoms with van der Waals surface area (Å²) in [5.41, 5.74) is 1.31. The van der Waals surface area contributed by atoms with Gasteiger partial charge in [-0.2, -0.15) is 0 Å². The maximum Gasteiger partial charge on any atom is 0.338 e. The Hall–Kier alpha value is -4.64. The quantitative estimate of drug-likeness (QED) is 0.154. The third-order valence-electron chi connectivity index (χ3n) is 5.43. The Morgan fingerprint density at radius 1 is 1.19 bits per heavy atom. The van der Waals surface area contributed by atoms with E-state index in [9.17, 15) is 24.5 Å². The van der Waals surface area contributed by atoms with Crippen LogP contribution in [0, 0.1) is 10.1 Å². The highest BCUT2D eigenvalue weighted by atomic mass is 32.1. The number of allylic oxidation sites excluding steroid dienone is 1. The van der Waals surface area contributed by atoms with Gasteiger partial charge in [0.15, 0.2) is 4.80 Å². The normalized spacial score (nSPS) is 15.0. The fourth-order valence-electron chi connectivity index (χ4n) is 3.84. The molecule has 10 nitrogen and oxygen atoms in total. The first-order valence-electron chi connectivity index (χ1n) is 11.0. The van der Waals surface area contributed by atoms with Crippen LogP contribution in [0.15, 0.2) is 82.2 Å². The second-order valence-corrected chi connectivity index (χ2v) is 8.99. The van der Waals surface area contributed by atoms with Crippen molar-refractivity contribution in [3.63, 3.8) is 0 Å². The third kappa shape index (κ3) is 5.31. The maximum atomic E-state index is 13.6. The zero-order chi connectivity index (χ0) is 26.7. The molecular weight excluding hydrogens is 498 g/mol. The molecule has 0 spiro atoms. The van der Waals surface area contributed by atoms with E-state index in [2.05, 4.69) is 11.6 Å². The molecule has 1 atom stereocenters. The van der Waals surface area contributed by atoms with E-state index < -0.39 is 28.5 Å². The summed E-state index contributed by atoms with van der Waals surface area (Å²) < 4.78 is 12.2. The van der Waals surface area contributed by atoms with Crippen LogP contribution in [0.25, 0.3) is 6.08 Å². The van der Waals surface area contributed by atoms with Crippen LogP contribution >= 0.6 is 11.3 Å². The second-order valence-electron chi connectivity index (χ2n) is 7.98. The predicted molar refractivity (Wildman–Crippen MR) is 136 cm³/mol. The minimum absolute atomic E-state index is 0.0156. The van der Waals surface area contributed by atoms with Gasteiger partial charge >= 0.3 is 11.9 Å². The van der Waals surface area contributed by atoms with Crippen LogP contribution in [0.1, 0.15) is 31.0 Å². The molecule has 188 valence electrons. The van der Waals surface area contributed by atoms with Crippen molar-refractivity contribution in [2.24, 2.45) is 4.99 Å². The van der Waals surface area contributed by atoms with Gasteiger partial charge in [-0.15, -0.1) is 0 Å². The van der Waals surface area contributed by atoms with Gasteiger partial charge in [-0.25, -0.2) is 9.79 Å². The lowest BCUT2D eigenvalue weighted by Gasteiger charge is -2.24. The van der Waals surface area contributed by atoms with E-state index in [0.29, 0.717) is 31.9 Å². The summed E-state index contributed by atoms with van der Waals surface area (Å²) in [4.78, 5) is 53.3. The fraction of sp³-hybridized carbons (Fsp3) is 0.154. The summed E-state index contributed by atoms with van der Waals surface area (Å²) in [6.07, 6.45) is 3.06. The number of benzene rings is 2. The van der Waals surface area contributed by atoms with Crippen molar-refractivity contribution in [2.45, 2.75) is 19.9 Å². The van der Waals surface area contributed by atoms with Crippen LogP contribution in [0.3, 0.4) is 0 Å². The van der Waals surface area contributed by atoms with Gasteiger partial charge in [-0.1, -0.05) is 36.1 Å². The summed E-state index contributed by atoms with van der Waals surface area (Å²) >= 11 is 1.14. The summed E-state index contributed by atoms with van der Waals surface area (Å²) in [5, 5.41) is 10.9. The lowest BCUT2D eigenvalue weighted by atomic mass is 9.96. The van der Waals surface area contributed by atoms with Crippen molar-refractivity contribution >= 4 is 35.0 Å². The molecule has 0 amide bonds. The molecule has 1 aromatic heterocycles. The topological polar surface area (TPSA) is 130 Å². The monoisotopic (exact) mass is 519 g/mol. The number of nitro groups is 1. The molecule has 3 aromatic rings. The molecule has 2 aromatic carbocycles. The van der Waals surface area contributed by atoms with E-state index in [0.717, 1.165) is 11.3 Å². The Bertz CT molecular complexity index is 1610. The number of nitro benzene ring substituents is 1. The number of fused-ring (bicyclic) bond motifs is 1. The van der Waals surface area contributed by atoms with Crippen molar-refractivity contribution < 1.29 is 24.0 Å². The van der Waals surface area contributed by atoms with Gasteiger partial charge in [-0.05, 0) is 48.4 Å². The Labute approximate surface area is 214 Å². The number of carbonyl (C=O) groups excluding carboxylic acids is 2. The Kier molecular flexibility index (Phi) is 7.25. The molecule has 4 rings (SSSR count). The molecule has 0 radical (unpaired) electrons. The average Bonchev–Trinajstić information content (AvgIpc) is 3.16. The van der Waals surface area contributed by atoms with E-state index in [-0.39, 0.29) is 17.9 Å². The molecule has 11 heteroatoms. The number of carbonyl (C=O) groups is 2. The van der Waals surface area contributed by atoms with Gasteiger partial charge in [-0.3, -0.25) is 24.3 Å². The van der Waals surface area contributed by atoms with Gasteiger partial charge in [0.05, 0.1) is 26.8 Å². The van der Waals surface area contributed by atoms with Crippen LogP contribution in [-0.2, 0) is 14.3 Å². The third-order valence-corrected chi connectivity index (χ3v) is 6.42. The highest BCUT2D eigenvalue weighted by Gasteiger charge is 2.33. The van der Waals surface area contributed by atoms with Crippen LogP contribution in [-0.4, -0.2) is 28.0 Å². The number of hydrogen-bond donors (Lipinski definition) is 0. The molecule has 1 unspecified atom stereocenters. The SMILES string of the molecule is C=CCOC(=O)C1=C(C)N=c2sc(=Cc3ccc([N+](=O)[O-])cc3)c(=O)n2C1c1ccc(OC(C)=O)cc1. The van der Waals surface area contributed by atoms with E-state index in [1.165, 1.54) is 29.7 Å². The molecule has 1 aliphatic rings. The summed E-state index contributed by atoms with van der Waals surface area (Å²) in [5.74, 6) is -0.797. The molecule has 0 fully saturated rings. The summed E-state index contributed by atoms with van der Waals surface area (Å²) in [6.45, 7) is 6.50. The lowest BCUT2D eigenvalue weighted by Crippen LogP contribution is -2.39. The number of ether oxygens (including phenoxy) is 2. The maximum absolute atomic E-state index is 13.6. The number of nitrogens with zero attached hydrogens (tertiary/aromatic N) is 3. The molecule has 37 heavy (non-hydrogen) atoms. The van der Waals surface area contributed by atoms with Gasteiger partial charge in [0, 0.05) is 19.1 Å². The van der Waals surface area contributed by atoms with Crippen molar-refractivity contribution in [1.82, 2.24) is 4.57 Å². The summed E-state index contributed by atoms with van der Waals surface area (Å²) in [6, 6.07) is 11.4. The van der Waals surface area contributed by atoms with Crippen LogP contribution in [0.2, 0.25) is 0 Å². The molecule has 2 heterocycles. The number of hydrogen-bond acceptors (Lipinski definition) is 9. The minimum atomic E-state index is -0.848. The zero-order valence-corrected chi connectivity index (χ0v) is 20.7. The molecular formula is C26H21N3O7S. The zero-order valence-electron chi connectivity index (χ0n) is 19.9. The van der Waals surface area contributed by atoms with E-state index >= 15 is 0 Å². The Morgan fingerprint density at radius 3 is 2.46 bits per heavy atom. The van der Waals surface area contributed by atoms with Gasteiger partial charge in [0.2, 0.25) is 0 Å². The Balaban J connectivity index is 1.86. The molecule has 0 bridgehead atoms. The van der Waals surface area contributed by atoms with Crippen molar-refractivity contribution in [3.05, 3.63) is 113 Å². The smallest absolute Gasteiger partial charge is 0.338 e. The minimum Gasteiger partial charge on any atom is -0.458 e. The lowest BCUT2D eigenvalue weighted by molar-refractivity contribution is -0.384. The summed E-state index contributed by atoms with van der Waals surface area (Å²) in [7, 11) is 0. The molecule has 0 saturated carbocycles. The van der Waals surface area contributed by atoms with E-state index in [4.69, 9.17) is 9.47 Å². The Morgan fingerprint density at radius 2 is 1.86 bits per heavy atom.